The summed E-state index contributed by atoms with van der Waals surface area (Å²) in [5, 5.41) is 16.9. The topological polar surface area (TPSA) is 83.8 Å². The highest BCUT2D eigenvalue weighted by Crippen LogP contribution is 2.46. The first-order valence-corrected chi connectivity index (χ1v) is 4.08. The van der Waals surface area contributed by atoms with Gasteiger partial charge in [-0.15, -0.1) is 0 Å². The molecule has 13 heavy (non-hydrogen) atoms. The summed E-state index contributed by atoms with van der Waals surface area (Å²) in [6.07, 6.45) is 0. The second kappa shape index (κ2) is 3.33. The summed E-state index contributed by atoms with van der Waals surface area (Å²) in [5.41, 5.74) is 0. The number of rotatable bonds is 2. The minimum atomic E-state index is -1.01. The zero-order valence-electron chi connectivity index (χ0n) is 7.43. The third kappa shape index (κ3) is 1.39. The fraction of sp³-hybridized carbons (Fsp3) is 0.750. The molecular weight excluding hydrogens is 176 g/mol. The molecule has 1 rings (SSSR count). The van der Waals surface area contributed by atoms with E-state index in [-0.39, 0.29) is 11.8 Å². The van der Waals surface area contributed by atoms with Crippen LogP contribution >= 0.6 is 0 Å². The lowest BCUT2D eigenvalue weighted by Gasteiger charge is -2.44. The Morgan fingerprint density at radius 1 is 1.15 bits per heavy atom. The fourth-order valence-corrected chi connectivity index (χ4v) is 1.96. The van der Waals surface area contributed by atoms with Crippen molar-refractivity contribution in [3.8, 4) is 0 Å². The Labute approximate surface area is 75.2 Å². The maximum absolute atomic E-state index is 10.9. The number of aliphatic carboxylic acids is 1. The summed E-state index contributed by atoms with van der Waals surface area (Å²) in [6.45, 7) is 3.54. The Hall–Kier alpha value is -1.10. The predicted octanol–water partition coefficient (Wildman–Crippen LogP) is 0.605. The molecule has 1 aliphatic carbocycles. The molecule has 1 aliphatic rings. The van der Waals surface area contributed by atoms with Crippen molar-refractivity contribution in [2.24, 2.45) is 23.7 Å². The van der Waals surface area contributed by atoms with E-state index in [4.69, 9.17) is 10.4 Å². The number of carboxylic acids is 1. The number of hydrogen-bond acceptors (Lipinski definition) is 4. The molecule has 0 saturated heterocycles. The van der Waals surface area contributed by atoms with E-state index in [1.807, 2.05) is 0 Å². The number of carboxylic acid groups (broad SMARTS) is 1. The number of carbonyl (C=O) groups is 2. The minimum Gasteiger partial charge on any atom is -0.481 e. The molecule has 0 aliphatic heterocycles. The molecule has 1 fully saturated rings. The van der Waals surface area contributed by atoms with Crippen LogP contribution in [0.25, 0.3) is 0 Å². The van der Waals surface area contributed by atoms with Gasteiger partial charge in [0.2, 0.25) is 0 Å². The van der Waals surface area contributed by atoms with Crippen molar-refractivity contribution in [1.29, 1.82) is 0 Å². The van der Waals surface area contributed by atoms with Gasteiger partial charge < -0.3 is 9.99 Å². The van der Waals surface area contributed by atoms with Crippen molar-refractivity contribution in [1.82, 2.24) is 0 Å². The van der Waals surface area contributed by atoms with E-state index in [0.29, 0.717) is 0 Å². The molecule has 0 aromatic heterocycles. The molecule has 4 atom stereocenters. The Kier molecular flexibility index (Phi) is 2.56. The van der Waals surface area contributed by atoms with E-state index in [1.54, 1.807) is 13.8 Å². The molecule has 0 bridgehead atoms. The van der Waals surface area contributed by atoms with Gasteiger partial charge in [0.1, 0.15) is 0 Å². The SMILES string of the molecule is CC1C(C)C(C(=O)OO)C1C(=O)O. The Balaban J connectivity index is 2.74. The highest BCUT2D eigenvalue weighted by Gasteiger charge is 2.54. The third-order valence-corrected chi connectivity index (χ3v) is 3.00. The van der Waals surface area contributed by atoms with Gasteiger partial charge in [-0.1, -0.05) is 13.8 Å². The van der Waals surface area contributed by atoms with E-state index in [0.717, 1.165) is 0 Å². The lowest BCUT2D eigenvalue weighted by molar-refractivity contribution is -0.250. The van der Waals surface area contributed by atoms with Crippen LogP contribution < -0.4 is 0 Å². The summed E-state index contributed by atoms with van der Waals surface area (Å²) in [4.78, 5) is 25.2. The molecule has 1 saturated carbocycles. The average Bonchev–Trinajstić information content (AvgIpc) is 2.10. The van der Waals surface area contributed by atoms with Gasteiger partial charge in [0.15, 0.2) is 0 Å². The van der Waals surface area contributed by atoms with Gasteiger partial charge in [0.25, 0.3) is 0 Å². The van der Waals surface area contributed by atoms with E-state index >= 15 is 0 Å². The van der Waals surface area contributed by atoms with Crippen molar-refractivity contribution in [3.63, 3.8) is 0 Å². The van der Waals surface area contributed by atoms with E-state index < -0.39 is 23.8 Å². The summed E-state index contributed by atoms with van der Waals surface area (Å²) >= 11 is 0. The van der Waals surface area contributed by atoms with Crippen LogP contribution in [-0.2, 0) is 14.5 Å². The molecular formula is C8H12O5. The van der Waals surface area contributed by atoms with Gasteiger partial charge in [-0.05, 0) is 11.8 Å². The van der Waals surface area contributed by atoms with Crippen LogP contribution in [0.4, 0.5) is 0 Å². The monoisotopic (exact) mass is 188 g/mol. The standard InChI is InChI=1S/C8H12O5/c1-3-4(2)6(8(11)13-12)5(3)7(9)10/h3-6,12H,1-2H3,(H,9,10). The van der Waals surface area contributed by atoms with Crippen molar-refractivity contribution in [3.05, 3.63) is 0 Å². The molecule has 4 unspecified atom stereocenters. The number of hydrogen-bond donors (Lipinski definition) is 2. The van der Waals surface area contributed by atoms with Crippen molar-refractivity contribution < 1.29 is 24.8 Å². The second-order valence-electron chi connectivity index (χ2n) is 3.52. The van der Waals surface area contributed by atoms with Crippen molar-refractivity contribution in [2.75, 3.05) is 0 Å². The fourth-order valence-electron chi connectivity index (χ4n) is 1.96. The average molecular weight is 188 g/mol. The van der Waals surface area contributed by atoms with Crippen LogP contribution in [0, 0.1) is 23.7 Å². The van der Waals surface area contributed by atoms with E-state index in [1.165, 1.54) is 0 Å². The lowest BCUT2D eigenvalue weighted by atomic mass is 9.58. The normalized spacial score (nSPS) is 37.8. The van der Waals surface area contributed by atoms with E-state index in [9.17, 15) is 9.59 Å². The molecule has 5 heteroatoms. The molecule has 0 aromatic rings. The Morgan fingerprint density at radius 3 is 2.00 bits per heavy atom. The van der Waals surface area contributed by atoms with Crippen LogP contribution in [0.5, 0.6) is 0 Å². The van der Waals surface area contributed by atoms with Crippen molar-refractivity contribution >= 4 is 11.9 Å². The quantitative estimate of drug-likeness (QED) is 0.489. The van der Waals surface area contributed by atoms with Gasteiger partial charge in [-0.2, -0.15) is 5.26 Å². The van der Waals surface area contributed by atoms with Crippen LogP contribution in [0.1, 0.15) is 13.8 Å². The first-order chi connectivity index (χ1) is 6.00. The van der Waals surface area contributed by atoms with Gasteiger partial charge in [0.05, 0.1) is 11.8 Å². The van der Waals surface area contributed by atoms with Crippen LogP contribution in [0.3, 0.4) is 0 Å². The molecule has 0 spiro atoms. The molecule has 0 aromatic carbocycles. The van der Waals surface area contributed by atoms with Crippen LogP contribution in [0.2, 0.25) is 0 Å². The summed E-state index contributed by atoms with van der Waals surface area (Å²) in [5.74, 6) is -3.41. The third-order valence-electron chi connectivity index (χ3n) is 3.00. The van der Waals surface area contributed by atoms with Gasteiger partial charge >= 0.3 is 11.9 Å². The van der Waals surface area contributed by atoms with Gasteiger partial charge in [-0.3, -0.25) is 4.79 Å². The Morgan fingerprint density at radius 2 is 1.62 bits per heavy atom. The number of carbonyl (C=O) groups excluding carboxylic acids is 1. The highest BCUT2D eigenvalue weighted by atomic mass is 17.1. The van der Waals surface area contributed by atoms with Crippen LogP contribution in [-0.4, -0.2) is 22.3 Å². The molecule has 0 radical (unpaired) electrons. The van der Waals surface area contributed by atoms with Gasteiger partial charge in [0, 0.05) is 0 Å². The molecule has 0 amide bonds. The highest BCUT2D eigenvalue weighted by molar-refractivity contribution is 5.83. The maximum atomic E-state index is 10.9. The largest absolute Gasteiger partial charge is 0.481 e. The van der Waals surface area contributed by atoms with Crippen molar-refractivity contribution in [2.45, 2.75) is 13.8 Å². The maximum Gasteiger partial charge on any atom is 0.346 e. The summed E-state index contributed by atoms with van der Waals surface area (Å²) in [6, 6.07) is 0. The first-order valence-electron chi connectivity index (χ1n) is 4.08. The zero-order valence-corrected chi connectivity index (χ0v) is 7.43. The summed E-state index contributed by atoms with van der Waals surface area (Å²) < 4.78 is 0. The van der Waals surface area contributed by atoms with Crippen LogP contribution in [0.15, 0.2) is 0 Å². The first kappa shape index (κ1) is 9.98. The minimum absolute atomic E-state index is 0.0541. The second-order valence-corrected chi connectivity index (χ2v) is 3.52. The smallest absolute Gasteiger partial charge is 0.346 e. The lowest BCUT2D eigenvalue weighted by Crippen LogP contribution is -2.52. The molecule has 2 N–H and O–H groups in total. The zero-order chi connectivity index (χ0) is 10.2. The van der Waals surface area contributed by atoms with Gasteiger partial charge in [-0.25, -0.2) is 4.79 Å². The predicted molar refractivity (Wildman–Crippen MR) is 41.7 cm³/mol. The molecule has 5 nitrogen and oxygen atoms in total. The van der Waals surface area contributed by atoms with E-state index in [2.05, 4.69) is 4.89 Å². The summed E-state index contributed by atoms with van der Waals surface area (Å²) in [7, 11) is 0. The molecule has 74 valence electrons. The Bertz CT molecular complexity index is 237. The molecule has 0 heterocycles.